The Morgan fingerprint density at radius 3 is 2.64 bits per heavy atom. The van der Waals surface area contributed by atoms with Gasteiger partial charge in [0, 0.05) is 6.20 Å². The predicted molar refractivity (Wildman–Crippen MR) is 93.2 cm³/mol. The molecule has 3 heterocycles. The monoisotopic (exact) mass is 354 g/mol. The molecule has 0 bridgehead atoms. The van der Waals surface area contributed by atoms with Crippen LogP contribution in [0.15, 0.2) is 58.3 Å². The highest BCUT2D eigenvalue weighted by molar-refractivity contribution is 7.13. The molecule has 4 rings (SSSR count). The normalized spacial score (nSPS) is 11.1. The van der Waals surface area contributed by atoms with E-state index in [0.29, 0.717) is 27.2 Å². The van der Waals surface area contributed by atoms with Gasteiger partial charge < -0.3 is 4.98 Å². The minimum absolute atomic E-state index is 0.0568. The number of aromatic nitrogens is 4. The van der Waals surface area contributed by atoms with Gasteiger partial charge in [0.1, 0.15) is 16.2 Å². The van der Waals surface area contributed by atoms with Crippen LogP contribution in [0.4, 0.5) is 4.39 Å². The Bertz CT molecular complexity index is 1160. The fraction of sp³-hybridized carbons (Fsp3) is 0.0588. The summed E-state index contributed by atoms with van der Waals surface area (Å²) in [5, 5.41) is 0. The lowest BCUT2D eigenvalue weighted by Gasteiger charge is -2.05. The van der Waals surface area contributed by atoms with Crippen LogP contribution in [0.1, 0.15) is 5.56 Å². The van der Waals surface area contributed by atoms with Crippen molar-refractivity contribution in [2.24, 2.45) is 0 Å². The summed E-state index contributed by atoms with van der Waals surface area (Å²) in [6.07, 6.45) is 1.62. The molecular weight excluding hydrogens is 343 g/mol. The average molecular weight is 354 g/mol. The first kappa shape index (κ1) is 15.4. The van der Waals surface area contributed by atoms with Gasteiger partial charge >= 0.3 is 5.69 Å². The van der Waals surface area contributed by atoms with E-state index in [4.69, 9.17) is 0 Å². The molecule has 0 spiro atoms. The maximum absolute atomic E-state index is 13.0. The number of hydrogen-bond acceptors (Lipinski definition) is 5. The second kappa shape index (κ2) is 6.06. The Labute approximate surface area is 144 Å². The zero-order valence-corrected chi connectivity index (χ0v) is 13.6. The molecule has 0 aliphatic heterocycles. The summed E-state index contributed by atoms with van der Waals surface area (Å²) in [5.41, 5.74) is 1.13. The highest BCUT2D eigenvalue weighted by Crippen LogP contribution is 2.24. The number of nitrogens with one attached hydrogen (secondary N) is 1. The van der Waals surface area contributed by atoms with Crippen LogP contribution in [0, 0.1) is 5.82 Å². The molecule has 25 heavy (non-hydrogen) atoms. The lowest BCUT2D eigenvalue weighted by molar-refractivity contribution is 0.625. The molecule has 0 atom stereocenters. The first-order chi connectivity index (χ1) is 12.1. The van der Waals surface area contributed by atoms with Crippen molar-refractivity contribution in [1.29, 1.82) is 0 Å². The molecule has 0 radical (unpaired) electrons. The van der Waals surface area contributed by atoms with Crippen LogP contribution in [-0.4, -0.2) is 18.9 Å². The number of benzene rings is 1. The first-order valence-corrected chi connectivity index (χ1v) is 8.19. The number of aromatic amines is 1. The SMILES string of the molecule is O=c1[nH]c2c(-c3ccccn3)nsc2c(=O)n1Cc1ccc(F)cc1. The molecule has 8 heteroatoms. The lowest BCUT2D eigenvalue weighted by atomic mass is 10.2. The molecule has 0 saturated heterocycles. The van der Waals surface area contributed by atoms with Crippen molar-refractivity contribution in [3.63, 3.8) is 0 Å². The van der Waals surface area contributed by atoms with Crippen molar-refractivity contribution in [2.75, 3.05) is 0 Å². The molecule has 6 nitrogen and oxygen atoms in total. The van der Waals surface area contributed by atoms with E-state index in [2.05, 4.69) is 14.3 Å². The summed E-state index contributed by atoms with van der Waals surface area (Å²) >= 11 is 1.02. The van der Waals surface area contributed by atoms with Crippen LogP contribution >= 0.6 is 11.5 Å². The third-order valence-corrected chi connectivity index (χ3v) is 4.61. The number of nitrogens with zero attached hydrogens (tertiary/aromatic N) is 3. The van der Waals surface area contributed by atoms with E-state index in [-0.39, 0.29) is 12.4 Å². The fourth-order valence-corrected chi connectivity index (χ4v) is 3.33. The minimum atomic E-state index is -0.542. The van der Waals surface area contributed by atoms with Crippen molar-refractivity contribution in [3.05, 3.63) is 80.9 Å². The van der Waals surface area contributed by atoms with Gasteiger partial charge in [-0.2, -0.15) is 4.37 Å². The average Bonchev–Trinajstić information content (AvgIpc) is 3.05. The first-order valence-electron chi connectivity index (χ1n) is 7.42. The maximum atomic E-state index is 13.0. The van der Waals surface area contributed by atoms with E-state index >= 15 is 0 Å². The van der Waals surface area contributed by atoms with E-state index in [1.807, 2.05) is 0 Å². The summed E-state index contributed by atoms with van der Waals surface area (Å²) in [5.74, 6) is -0.372. The van der Waals surface area contributed by atoms with Crippen LogP contribution in [0.25, 0.3) is 21.6 Å². The van der Waals surface area contributed by atoms with Gasteiger partial charge in [-0.05, 0) is 41.4 Å². The van der Waals surface area contributed by atoms with Gasteiger partial charge in [0.05, 0.1) is 17.8 Å². The molecule has 0 fully saturated rings. The van der Waals surface area contributed by atoms with E-state index in [1.165, 1.54) is 24.3 Å². The summed E-state index contributed by atoms with van der Waals surface area (Å²) in [6, 6.07) is 11.0. The molecule has 1 N–H and O–H groups in total. The molecule has 0 saturated carbocycles. The van der Waals surface area contributed by atoms with Crippen molar-refractivity contribution in [1.82, 2.24) is 18.9 Å². The quantitative estimate of drug-likeness (QED) is 0.613. The molecule has 1 aromatic carbocycles. The van der Waals surface area contributed by atoms with Crippen molar-refractivity contribution < 1.29 is 4.39 Å². The molecule has 0 amide bonds. The van der Waals surface area contributed by atoms with Gasteiger partial charge in [0.15, 0.2) is 0 Å². The van der Waals surface area contributed by atoms with Crippen LogP contribution < -0.4 is 11.2 Å². The zero-order valence-electron chi connectivity index (χ0n) is 12.8. The van der Waals surface area contributed by atoms with Gasteiger partial charge in [-0.15, -0.1) is 0 Å². The van der Waals surface area contributed by atoms with Gasteiger partial charge in [0.2, 0.25) is 0 Å². The molecule has 3 aromatic heterocycles. The Balaban J connectivity index is 1.85. The van der Waals surface area contributed by atoms with Crippen molar-refractivity contribution >= 4 is 21.7 Å². The smallest absolute Gasteiger partial charge is 0.304 e. The number of pyridine rings is 1. The number of H-pyrrole nitrogens is 1. The largest absolute Gasteiger partial charge is 0.329 e. The topological polar surface area (TPSA) is 80.6 Å². The van der Waals surface area contributed by atoms with E-state index < -0.39 is 11.2 Å². The third-order valence-electron chi connectivity index (χ3n) is 3.77. The Morgan fingerprint density at radius 2 is 1.92 bits per heavy atom. The summed E-state index contributed by atoms with van der Waals surface area (Å²) < 4.78 is 18.7. The number of rotatable bonds is 3. The van der Waals surface area contributed by atoms with E-state index in [0.717, 1.165) is 16.1 Å². The van der Waals surface area contributed by atoms with Crippen LogP contribution in [-0.2, 0) is 6.54 Å². The zero-order chi connectivity index (χ0) is 17.4. The van der Waals surface area contributed by atoms with Crippen LogP contribution in [0.3, 0.4) is 0 Å². The maximum Gasteiger partial charge on any atom is 0.329 e. The Hall–Kier alpha value is -3.13. The summed E-state index contributed by atoms with van der Waals surface area (Å²) in [6.45, 7) is 0.0568. The summed E-state index contributed by atoms with van der Waals surface area (Å²) in [7, 11) is 0. The Morgan fingerprint density at radius 1 is 1.12 bits per heavy atom. The standard InChI is InChI=1S/C17H11FN4O2S/c18-11-6-4-10(5-7-11)9-22-16(23)15-14(20-17(22)24)13(21-25-15)12-3-1-2-8-19-12/h1-8H,9H2,(H,20,24). The van der Waals surface area contributed by atoms with Crippen molar-refractivity contribution in [2.45, 2.75) is 6.54 Å². The number of hydrogen-bond donors (Lipinski definition) is 1. The van der Waals surface area contributed by atoms with E-state index in [1.54, 1.807) is 24.4 Å². The molecule has 0 aliphatic rings. The summed E-state index contributed by atoms with van der Waals surface area (Å²) in [4.78, 5) is 32.0. The highest BCUT2D eigenvalue weighted by Gasteiger charge is 2.16. The van der Waals surface area contributed by atoms with Crippen molar-refractivity contribution in [3.8, 4) is 11.4 Å². The number of fused-ring (bicyclic) bond motifs is 1. The predicted octanol–water partition coefficient (Wildman–Crippen LogP) is 2.40. The van der Waals surface area contributed by atoms with Gasteiger partial charge in [-0.3, -0.25) is 14.3 Å². The van der Waals surface area contributed by atoms with E-state index in [9.17, 15) is 14.0 Å². The molecule has 0 aliphatic carbocycles. The lowest BCUT2D eigenvalue weighted by Crippen LogP contribution is -2.34. The molecular formula is C17H11FN4O2S. The Kier molecular flexibility index (Phi) is 3.73. The van der Waals surface area contributed by atoms with Gasteiger partial charge in [-0.1, -0.05) is 18.2 Å². The number of halogens is 1. The highest BCUT2D eigenvalue weighted by atomic mass is 32.1. The van der Waals surface area contributed by atoms with Crippen LogP contribution in [0.2, 0.25) is 0 Å². The molecule has 124 valence electrons. The van der Waals surface area contributed by atoms with Gasteiger partial charge in [0.25, 0.3) is 5.56 Å². The van der Waals surface area contributed by atoms with Crippen LogP contribution in [0.5, 0.6) is 0 Å². The second-order valence-electron chi connectivity index (χ2n) is 5.40. The molecule has 4 aromatic rings. The minimum Gasteiger partial charge on any atom is -0.304 e. The second-order valence-corrected chi connectivity index (χ2v) is 6.17. The molecule has 0 unspecified atom stereocenters. The fourth-order valence-electron chi connectivity index (χ4n) is 2.53. The van der Waals surface area contributed by atoms with Gasteiger partial charge in [-0.25, -0.2) is 9.18 Å². The third kappa shape index (κ3) is 2.76.